The van der Waals surface area contributed by atoms with E-state index in [9.17, 15) is 4.79 Å². The van der Waals surface area contributed by atoms with Crippen molar-refractivity contribution >= 4 is 59.9 Å². The number of nitrogens with zero attached hydrogens (tertiary/aromatic N) is 1. The highest BCUT2D eigenvalue weighted by Crippen LogP contribution is 2.40. The molecule has 0 aliphatic rings. The minimum Gasteiger partial charge on any atom is -0.477 e. The second-order valence-corrected chi connectivity index (χ2v) is 11.3. The van der Waals surface area contributed by atoms with Gasteiger partial charge < -0.3 is 9.47 Å². The average molecular weight is 623 g/mol. The van der Waals surface area contributed by atoms with E-state index in [0.29, 0.717) is 12.2 Å². The van der Waals surface area contributed by atoms with Crippen molar-refractivity contribution in [3.05, 3.63) is 105 Å². The van der Waals surface area contributed by atoms with E-state index in [1.807, 2.05) is 72.8 Å². The van der Waals surface area contributed by atoms with Crippen LogP contribution in [0, 0.1) is 0 Å². The maximum atomic E-state index is 12.5. The largest absolute Gasteiger partial charge is 0.477 e. The lowest BCUT2D eigenvalue weighted by atomic mass is 10.0. The highest BCUT2D eigenvalue weighted by Gasteiger charge is 2.23. The SMILES string of the molecule is COC(=O)C(Cc1ccccc1)Oc1ccc2cc(-c3nc(-c4ccccc4)sc3Br)ccc2c1Br. The van der Waals surface area contributed by atoms with Gasteiger partial charge >= 0.3 is 5.97 Å². The summed E-state index contributed by atoms with van der Waals surface area (Å²) >= 11 is 9.01. The Labute approximate surface area is 230 Å². The van der Waals surface area contributed by atoms with Gasteiger partial charge in [-0.2, -0.15) is 0 Å². The van der Waals surface area contributed by atoms with Crippen molar-refractivity contribution in [2.75, 3.05) is 7.11 Å². The lowest BCUT2D eigenvalue weighted by molar-refractivity contribution is -0.148. The summed E-state index contributed by atoms with van der Waals surface area (Å²) in [6, 6.07) is 30.0. The molecule has 0 N–H and O–H groups in total. The molecule has 5 aromatic rings. The Hall–Kier alpha value is -3.00. The Morgan fingerprint density at radius 1 is 0.917 bits per heavy atom. The number of fused-ring (bicyclic) bond motifs is 1. The average Bonchev–Trinajstić information content (AvgIpc) is 3.31. The Bertz CT molecular complexity index is 1520. The fraction of sp³-hybridized carbons (Fsp3) is 0.103. The number of carbonyl (C=O) groups is 1. The summed E-state index contributed by atoms with van der Waals surface area (Å²) in [5.74, 6) is 0.173. The van der Waals surface area contributed by atoms with E-state index in [0.717, 1.165) is 46.4 Å². The predicted octanol–water partition coefficient (Wildman–Crippen LogP) is 8.32. The number of esters is 1. The monoisotopic (exact) mass is 621 g/mol. The van der Waals surface area contributed by atoms with Crippen LogP contribution < -0.4 is 4.74 Å². The van der Waals surface area contributed by atoms with Gasteiger partial charge in [-0.1, -0.05) is 78.9 Å². The van der Waals surface area contributed by atoms with E-state index in [2.05, 4.69) is 50.1 Å². The molecule has 0 saturated heterocycles. The number of methoxy groups -OCH3 is 1. The quantitative estimate of drug-likeness (QED) is 0.171. The van der Waals surface area contributed by atoms with Gasteiger partial charge in [0.25, 0.3) is 0 Å². The first-order valence-corrected chi connectivity index (χ1v) is 13.7. The van der Waals surface area contributed by atoms with Crippen LogP contribution in [0.4, 0.5) is 0 Å². The normalized spacial score (nSPS) is 11.9. The van der Waals surface area contributed by atoms with Gasteiger partial charge in [-0.05, 0) is 60.3 Å². The highest BCUT2D eigenvalue weighted by atomic mass is 79.9. The number of benzene rings is 4. The van der Waals surface area contributed by atoms with E-state index in [1.54, 1.807) is 11.3 Å². The highest BCUT2D eigenvalue weighted by molar-refractivity contribution is 9.11. The van der Waals surface area contributed by atoms with Crippen molar-refractivity contribution in [1.82, 2.24) is 4.98 Å². The molecule has 4 aromatic carbocycles. The Kier molecular flexibility index (Phi) is 7.51. The molecule has 0 aliphatic carbocycles. The minimum absolute atomic E-state index is 0.413. The van der Waals surface area contributed by atoms with E-state index in [1.165, 1.54) is 7.11 Å². The van der Waals surface area contributed by atoms with Crippen molar-refractivity contribution in [3.63, 3.8) is 0 Å². The van der Waals surface area contributed by atoms with Crippen molar-refractivity contribution in [1.29, 1.82) is 0 Å². The van der Waals surface area contributed by atoms with Crippen LogP contribution in [0.2, 0.25) is 0 Å². The zero-order valence-corrected chi connectivity index (χ0v) is 23.3. The number of carbonyl (C=O) groups excluding carboxylic acids is 1. The summed E-state index contributed by atoms with van der Waals surface area (Å²) in [4.78, 5) is 17.3. The first-order valence-electron chi connectivity index (χ1n) is 11.3. The third kappa shape index (κ3) is 5.24. The van der Waals surface area contributed by atoms with Crippen LogP contribution in [0.3, 0.4) is 0 Å². The van der Waals surface area contributed by atoms with Crippen LogP contribution in [0.5, 0.6) is 5.75 Å². The summed E-state index contributed by atoms with van der Waals surface area (Å²) in [6.45, 7) is 0. The van der Waals surface area contributed by atoms with E-state index < -0.39 is 12.1 Å². The lowest BCUT2D eigenvalue weighted by Crippen LogP contribution is -2.31. The van der Waals surface area contributed by atoms with Gasteiger partial charge in [0.1, 0.15) is 10.8 Å². The zero-order chi connectivity index (χ0) is 25.1. The summed E-state index contributed by atoms with van der Waals surface area (Å²) in [5, 5.41) is 2.98. The molecule has 0 amide bonds. The maximum Gasteiger partial charge on any atom is 0.347 e. The van der Waals surface area contributed by atoms with Crippen molar-refractivity contribution < 1.29 is 14.3 Å². The topological polar surface area (TPSA) is 48.4 Å². The fourth-order valence-electron chi connectivity index (χ4n) is 3.98. The maximum absolute atomic E-state index is 12.5. The van der Waals surface area contributed by atoms with Crippen LogP contribution in [-0.2, 0) is 16.0 Å². The molecule has 0 saturated carbocycles. The molecule has 180 valence electrons. The molecule has 1 atom stereocenters. The molecule has 0 aliphatic heterocycles. The van der Waals surface area contributed by atoms with Gasteiger partial charge in [0.05, 0.1) is 21.1 Å². The van der Waals surface area contributed by atoms with Gasteiger partial charge in [-0.25, -0.2) is 9.78 Å². The van der Waals surface area contributed by atoms with Gasteiger partial charge in [0.15, 0.2) is 6.10 Å². The molecule has 5 rings (SSSR count). The van der Waals surface area contributed by atoms with Gasteiger partial charge in [0.2, 0.25) is 0 Å². The van der Waals surface area contributed by atoms with Gasteiger partial charge in [0, 0.05) is 17.5 Å². The van der Waals surface area contributed by atoms with Crippen LogP contribution in [0.25, 0.3) is 32.6 Å². The molecule has 4 nitrogen and oxygen atoms in total. The van der Waals surface area contributed by atoms with Crippen molar-refractivity contribution in [3.8, 4) is 27.6 Å². The van der Waals surface area contributed by atoms with Crippen LogP contribution in [0.15, 0.2) is 99.3 Å². The third-order valence-electron chi connectivity index (χ3n) is 5.80. The summed E-state index contributed by atoms with van der Waals surface area (Å²) in [6.07, 6.45) is -0.341. The smallest absolute Gasteiger partial charge is 0.347 e. The summed E-state index contributed by atoms with van der Waals surface area (Å²) in [5.41, 5.74) is 4.02. The second-order valence-electron chi connectivity index (χ2n) is 8.14. The molecular weight excluding hydrogens is 602 g/mol. The lowest BCUT2D eigenvalue weighted by Gasteiger charge is -2.19. The number of halogens is 2. The Balaban J connectivity index is 1.44. The van der Waals surface area contributed by atoms with E-state index >= 15 is 0 Å². The molecule has 1 aromatic heterocycles. The Morgan fingerprint density at radius 3 is 2.36 bits per heavy atom. The van der Waals surface area contributed by atoms with Crippen molar-refractivity contribution in [2.24, 2.45) is 0 Å². The molecule has 36 heavy (non-hydrogen) atoms. The molecule has 0 spiro atoms. The molecule has 0 fully saturated rings. The zero-order valence-electron chi connectivity index (χ0n) is 19.3. The molecule has 7 heteroatoms. The van der Waals surface area contributed by atoms with Crippen molar-refractivity contribution in [2.45, 2.75) is 12.5 Å². The molecule has 1 heterocycles. The van der Waals surface area contributed by atoms with Crippen LogP contribution in [-0.4, -0.2) is 24.2 Å². The standard InChI is InChI=1S/C29H21Br2NO3S/c1-34-29(33)24(16-18-8-4-2-5-9-18)35-23-15-13-20-17-21(12-14-22(20)25(23)30)26-27(31)36-28(32-26)19-10-6-3-7-11-19/h2-15,17,24H,16H2,1H3. The molecular formula is C29H21Br2NO3S. The minimum atomic E-state index is -0.757. The van der Waals surface area contributed by atoms with E-state index in [-0.39, 0.29) is 0 Å². The second kappa shape index (κ2) is 10.9. The Morgan fingerprint density at radius 2 is 1.64 bits per heavy atom. The first kappa shape index (κ1) is 24.7. The number of hydrogen-bond donors (Lipinski definition) is 0. The number of hydrogen-bond acceptors (Lipinski definition) is 5. The predicted molar refractivity (Wildman–Crippen MR) is 152 cm³/mol. The number of rotatable bonds is 7. The van der Waals surface area contributed by atoms with Gasteiger partial charge in [-0.3, -0.25) is 0 Å². The summed E-state index contributed by atoms with van der Waals surface area (Å²) in [7, 11) is 1.38. The van der Waals surface area contributed by atoms with E-state index in [4.69, 9.17) is 14.5 Å². The van der Waals surface area contributed by atoms with Crippen LogP contribution >= 0.6 is 43.2 Å². The third-order valence-corrected chi connectivity index (χ3v) is 8.37. The molecule has 0 bridgehead atoms. The van der Waals surface area contributed by atoms with Crippen LogP contribution in [0.1, 0.15) is 5.56 Å². The first-order chi connectivity index (χ1) is 17.5. The number of aromatic nitrogens is 1. The number of thiazole rings is 1. The molecule has 0 radical (unpaired) electrons. The number of ether oxygens (including phenoxy) is 2. The molecule has 1 unspecified atom stereocenters. The van der Waals surface area contributed by atoms with Gasteiger partial charge in [-0.15, -0.1) is 11.3 Å². The summed E-state index contributed by atoms with van der Waals surface area (Å²) < 4.78 is 12.9. The fourth-order valence-corrected chi connectivity index (χ4v) is 6.16.